The molecule has 0 aromatic heterocycles. The zero-order chi connectivity index (χ0) is 20.4. The Balaban J connectivity index is 1.83. The van der Waals surface area contributed by atoms with Crippen LogP contribution >= 0.6 is 46.4 Å². The molecule has 0 bridgehead atoms. The van der Waals surface area contributed by atoms with E-state index in [2.05, 4.69) is 24.3 Å². The first-order chi connectivity index (χ1) is 13.9. The second-order valence-corrected chi connectivity index (χ2v) is 16.3. The molecule has 0 fully saturated rings. The molecule has 2 aromatic rings. The summed E-state index contributed by atoms with van der Waals surface area (Å²) >= 11 is 20.8. The van der Waals surface area contributed by atoms with E-state index in [1.54, 1.807) is 36.4 Å². The Morgan fingerprint density at radius 2 is 0.828 bits per heavy atom. The predicted octanol–water partition coefficient (Wildman–Crippen LogP) is 8.57. The summed E-state index contributed by atoms with van der Waals surface area (Å²) in [5.74, 6) is 1.18. The van der Waals surface area contributed by atoms with Gasteiger partial charge in [0.25, 0.3) is 0 Å². The average molecular weight is 545 g/mol. The van der Waals surface area contributed by atoms with Gasteiger partial charge in [0.05, 0.1) is 0 Å². The van der Waals surface area contributed by atoms with Crippen LogP contribution in [0.4, 0.5) is 0 Å². The van der Waals surface area contributed by atoms with Crippen molar-refractivity contribution in [3.63, 3.8) is 0 Å². The van der Waals surface area contributed by atoms with Gasteiger partial charge in [-0.3, -0.25) is 0 Å². The van der Waals surface area contributed by atoms with Gasteiger partial charge in [-0.25, -0.2) is 0 Å². The van der Waals surface area contributed by atoms with Gasteiger partial charge in [0.2, 0.25) is 0 Å². The van der Waals surface area contributed by atoms with Gasteiger partial charge in [-0.2, -0.15) is 0 Å². The van der Waals surface area contributed by atoms with Crippen LogP contribution in [0.25, 0.3) is 0 Å². The molecule has 0 heterocycles. The molecule has 4 rings (SSSR count). The van der Waals surface area contributed by atoms with E-state index in [1.807, 2.05) is 24.3 Å². The molecule has 0 saturated heterocycles. The molecule has 2 aliphatic rings. The van der Waals surface area contributed by atoms with E-state index in [0.29, 0.717) is 31.6 Å². The van der Waals surface area contributed by atoms with Gasteiger partial charge < -0.3 is 0 Å². The normalized spacial score (nSPS) is 16.1. The zero-order valence-electron chi connectivity index (χ0n) is 15.1. The second kappa shape index (κ2) is 9.04. The van der Waals surface area contributed by atoms with Crippen molar-refractivity contribution in [2.75, 3.05) is 0 Å². The first-order valence-electron chi connectivity index (χ1n) is 8.95. The summed E-state index contributed by atoms with van der Waals surface area (Å²) in [6.07, 6.45) is 16.5. The molecule has 0 unspecified atom stereocenters. The molecule has 0 aliphatic heterocycles. The molecule has 0 N–H and O–H groups in total. The van der Waals surface area contributed by atoms with Crippen LogP contribution in [-0.2, 0) is 21.1 Å². The van der Waals surface area contributed by atoms with Crippen molar-refractivity contribution < 1.29 is 26.8 Å². The Kier molecular flexibility index (Phi) is 6.63. The Morgan fingerprint density at radius 1 is 0.517 bits per heavy atom. The number of rotatable bonds is 6. The summed E-state index contributed by atoms with van der Waals surface area (Å²) < 4.78 is 13.5. The molecule has 2 nitrogen and oxygen atoms in total. The minimum absolute atomic E-state index is 0.0252. The van der Waals surface area contributed by atoms with Crippen LogP contribution in [-0.4, -0.2) is 0 Å². The maximum absolute atomic E-state index is 6.74. The van der Waals surface area contributed by atoms with Crippen molar-refractivity contribution in [1.29, 1.82) is 0 Å². The Hall–Kier alpha value is -0.957. The Morgan fingerprint density at radius 3 is 1.14 bits per heavy atom. The first kappa shape index (κ1) is 21.3. The van der Waals surface area contributed by atoms with Crippen molar-refractivity contribution in [2.24, 2.45) is 0 Å². The number of halogens is 4. The second-order valence-electron chi connectivity index (χ2n) is 6.73. The molecular formula is C22H16Cl4O2Zr. The SMILES string of the molecule is Clc1cc(Cl)cc([O][Zr]([O]c2cc(Cl)cc(Cl)c2)([CH]2C=CC=C2)[CH]2C=CC=C2)c1. The summed E-state index contributed by atoms with van der Waals surface area (Å²) in [6, 6.07) is 10.4. The van der Waals surface area contributed by atoms with Crippen LogP contribution in [0.5, 0.6) is 11.5 Å². The third kappa shape index (κ3) is 4.87. The summed E-state index contributed by atoms with van der Waals surface area (Å²) in [5, 5.41) is 2.03. The van der Waals surface area contributed by atoms with E-state index in [9.17, 15) is 0 Å². The van der Waals surface area contributed by atoms with Crippen LogP contribution in [0.15, 0.2) is 85.0 Å². The third-order valence-electron chi connectivity index (χ3n) is 4.65. The molecule has 0 atom stereocenters. The molecule has 0 saturated carbocycles. The minimum atomic E-state index is -4.08. The fraction of sp³-hybridized carbons (Fsp3) is 0.0909. The van der Waals surface area contributed by atoms with Gasteiger partial charge >= 0.3 is 197 Å². The van der Waals surface area contributed by atoms with Gasteiger partial charge in [0, 0.05) is 0 Å². The average Bonchev–Trinajstić information content (AvgIpc) is 3.34. The van der Waals surface area contributed by atoms with Gasteiger partial charge in [-0.15, -0.1) is 0 Å². The van der Waals surface area contributed by atoms with E-state index in [-0.39, 0.29) is 7.25 Å². The molecule has 29 heavy (non-hydrogen) atoms. The summed E-state index contributed by atoms with van der Waals surface area (Å²) in [6.45, 7) is 0. The molecule has 2 aromatic carbocycles. The van der Waals surface area contributed by atoms with Crippen LogP contribution < -0.4 is 5.63 Å². The molecular weight excluding hydrogens is 529 g/mol. The first-order valence-corrected chi connectivity index (χ1v) is 15.3. The molecule has 2 aliphatic carbocycles. The van der Waals surface area contributed by atoms with Crippen molar-refractivity contribution in [2.45, 2.75) is 7.25 Å². The van der Waals surface area contributed by atoms with Gasteiger partial charge in [-0.1, -0.05) is 0 Å². The van der Waals surface area contributed by atoms with Gasteiger partial charge in [0.1, 0.15) is 0 Å². The van der Waals surface area contributed by atoms with Gasteiger partial charge in [-0.05, 0) is 0 Å². The van der Waals surface area contributed by atoms with E-state index >= 15 is 0 Å². The topological polar surface area (TPSA) is 18.5 Å². The van der Waals surface area contributed by atoms with Gasteiger partial charge in [0.15, 0.2) is 0 Å². The van der Waals surface area contributed by atoms with Crippen LogP contribution in [0, 0.1) is 0 Å². The van der Waals surface area contributed by atoms with E-state index < -0.39 is 21.1 Å². The summed E-state index contributed by atoms with van der Waals surface area (Å²) in [5.41, 5.74) is 0. The molecule has 7 heteroatoms. The summed E-state index contributed by atoms with van der Waals surface area (Å²) in [4.78, 5) is 0. The number of allylic oxidation sites excluding steroid dienone is 8. The van der Waals surface area contributed by atoms with Crippen LogP contribution in [0.3, 0.4) is 0 Å². The third-order valence-corrected chi connectivity index (χ3v) is 14.7. The monoisotopic (exact) mass is 542 g/mol. The van der Waals surface area contributed by atoms with Crippen molar-refractivity contribution in [3.05, 3.63) is 105 Å². The predicted molar refractivity (Wildman–Crippen MR) is 118 cm³/mol. The van der Waals surface area contributed by atoms with E-state index in [4.69, 9.17) is 52.0 Å². The van der Waals surface area contributed by atoms with Crippen molar-refractivity contribution >= 4 is 46.4 Å². The van der Waals surface area contributed by atoms with Crippen LogP contribution in [0.2, 0.25) is 27.3 Å². The molecule has 0 amide bonds. The number of hydrogen-bond acceptors (Lipinski definition) is 2. The van der Waals surface area contributed by atoms with Crippen LogP contribution in [0.1, 0.15) is 0 Å². The summed E-state index contributed by atoms with van der Waals surface area (Å²) in [7, 11) is 0. The molecule has 0 spiro atoms. The fourth-order valence-electron chi connectivity index (χ4n) is 3.46. The van der Waals surface area contributed by atoms with E-state index in [0.717, 1.165) is 0 Å². The molecule has 148 valence electrons. The van der Waals surface area contributed by atoms with E-state index in [1.165, 1.54) is 0 Å². The number of hydrogen-bond donors (Lipinski definition) is 0. The number of benzene rings is 2. The Bertz CT molecular complexity index is 897. The fourth-order valence-corrected chi connectivity index (χ4v) is 13.1. The zero-order valence-corrected chi connectivity index (χ0v) is 20.5. The molecule has 0 radical (unpaired) electrons. The van der Waals surface area contributed by atoms with Crippen molar-refractivity contribution in [3.8, 4) is 11.5 Å². The maximum atomic E-state index is 6.74. The standard InChI is InChI=1S/2C6H4Cl2O.2C5H5.Zr/c2*7-4-1-5(8)3-6(9)2-4;2*1-2-4-5-3-1;/h2*1-3,9H;2*1-5H;/q;;;;+2/p-2. The Labute approximate surface area is 195 Å². The quantitative estimate of drug-likeness (QED) is 0.362. The van der Waals surface area contributed by atoms with Crippen molar-refractivity contribution in [1.82, 2.24) is 0 Å².